The van der Waals surface area contributed by atoms with E-state index in [2.05, 4.69) is 54.8 Å². The fourth-order valence-electron chi connectivity index (χ4n) is 3.84. The quantitative estimate of drug-likeness (QED) is 0.873. The van der Waals surface area contributed by atoms with Gasteiger partial charge in [-0.25, -0.2) is 4.98 Å². The van der Waals surface area contributed by atoms with E-state index in [4.69, 9.17) is 0 Å². The van der Waals surface area contributed by atoms with E-state index in [9.17, 15) is 4.79 Å². The maximum Gasteiger partial charge on any atom is 0.224 e. The number of amides is 1. The molecule has 2 aliphatic rings. The molecular weight excluding hydrogens is 274 g/mol. The zero-order valence-electron chi connectivity index (χ0n) is 14.3. The van der Waals surface area contributed by atoms with Crippen LogP contribution in [0.1, 0.15) is 45.6 Å². The molecule has 4 heteroatoms. The average molecular weight is 301 g/mol. The zero-order chi connectivity index (χ0) is 16.1. The summed E-state index contributed by atoms with van der Waals surface area (Å²) in [5.74, 6) is 1.87. The van der Waals surface area contributed by atoms with E-state index in [0.717, 1.165) is 30.9 Å². The molecule has 0 aromatic carbocycles. The number of nitrogens with zero attached hydrogens (tertiary/aromatic N) is 2. The van der Waals surface area contributed by atoms with Crippen LogP contribution in [-0.4, -0.2) is 21.5 Å². The smallest absolute Gasteiger partial charge is 0.224 e. The normalized spacial score (nSPS) is 28.7. The summed E-state index contributed by atoms with van der Waals surface area (Å²) in [5, 5.41) is 3.27. The summed E-state index contributed by atoms with van der Waals surface area (Å²) in [6.45, 7) is 11.5. The van der Waals surface area contributed by atoms with Crippen molar-refractivity contribution < 1.29 is 4.79 Å². The number of allylic oxidation sites excluding steroid dienone is 2. The molecule has 1 saturated carbocycles. The van der Waals surface area contributed by atoms with E-state index in [1.807, 2.05) is 6.92 Å². The number of aryl methyl sites for hydroxylation is 2. The second-order valence-electron chi connectivity index (χ2n) is 7.76. The van der Waals surface area contributed by atoms with E-state index < -0.39 is 0 Å². The molecule has 0 saturated heterocycles. The third-order valence-corrected chi connectivity index (χ3v) is 5.17. The second kappa shape index (κ2) is 5.25. The Labute approximate surface area is 133 Å². The third kappa shape index (κ3) is 2.71. The van der Waals surface area contributed by atoms with Gasteiger partial charge in [0, 0.05) is 25.2 Å². The molecule has 3 rings (SSSR count). The van der Waals surface area contributed by atoms with Gasteiger partial charge in [-0.05, 0) is 38.5 Å². The number of hydrogen-bond acceptors (Lipinski definition) is 2. The topological polar surface area (TPSA) is 46.9 Å². The van der Waals surface area contributed by atoms with Crippen LogP contribution in [-0.2, 0) is 17.8 Å². The number of nitrogens with one attached hydrogen (secondary N) is 1. The second-order valence-corrected chi connectivity index (χ2v) is 7.76. The fraction of sp³-hybridized carbons (Fsp3) is 0.667. The molecule has 1 fully saturated rings. The van der Waals surface area contributed by atoms with Crippen LogP contribution in [0.4, 0.5) is 0 Å². The molecule has 1 amide bonds. The zero-order valence-corrected chi connectivity index (χ0v) is 14.3. The number of aromatic nitrogens is 2. The van der Waals surface area contributed by atoms with Gasteiger partial charge in [0.05, 0.1) is 11.6 Å². The Morgan fingerprint density at radius 3 is 2.86 bits per heavy atom. The number of imidazole rings is 1. The molecular formula is C18H27N3O. The Bertz CT molecular complexity index is 622. The Hall–Kier alpha value is -1.58. The Kier molecular flexibility index (Phi) is 3.66. The van der Waals surface area contributed by atoms with Crippen molar-refractivity contribution in [3.63, 3.8) is 0 Å². The first kappa shape index (κ1) is 15.3. The van der Waals surface area contributed by atoms with Crippen LogP contribution in [0.15, 0.2) is 17.8 Å². The molecule has 1 N–H and O–H groups in total. The molecule has 1 aromatic heterocycles. The van der Waals surface area contributed by atoms with Gasteiger partial charge < -0.3 is 9.88 Å². The number of rotatable bonds is 3. The molecule has 1 aromatic rings. The summed E-state index contributed by atoms with van der Waals surface area (Å²) in [5.41, 5.74) is 2.45. The van der Waals surface area contributed by atoms with Gasteiger partial charge in [-0.15, -0.1) is 0 Å². The summed E-state index contributed by atoms with van der Waals surface area (Å²) in [4.78, 5) is 17.2. The van der Waals surface area contributed by atoms with Gasteiger partial charge in [-0.1, -0.05) is 25.5 Å². The van der Waals surface area contributed by atoms with Crippen LogP contribution in [0.2, 0.25) is 0 Å². The van der Waals surface area contributed by atoms with E-state index in [1.54, 1.807) is 0 Å². The van der Waals surface area contributed by atoms with Crippen molar-refractivity contribution in [2.75, 3.05) is 0 Å². The number of hydrogen-bond donors (Lipinski definition) is 1. The van der Waals surface area contributed by atoms with Gasteiger partial charge in [-0.2, -0.15) is 0 Å². The van der Waals surface area contributed by atoms with Crippen molar-refractivity contribution in [1.29, 1.82) is 0 Å². The Balaban J connectivity index is 1.63. The van der Waals surface area contributed by atoms with Crippen LogP contribution >= 0.6 is 0 Å². The first-order valence-electron chi connectivity index (χ1n) is 8.27. The molecule has 2 heterocycles. The van der Waals surface area contributed by atoms with Crippen LogP contribution in [0.25, 0.3) is 0 Å². The lowest BCUT2D eigenvalue weighted by Crippen LogP contribution is -2.42. The monoisotopic (exact) mass is 301 g/mol. The highest BCUT2D eigenvalue weighted by Gasteiger charge is 2.60. The third-order valence-electron chi connectivity index (χ3n) is 5.17. The highest BCUT2D eigenvalue weighted by molar-refractivity contribution is 5.84. The van der Waals surface area contributed by atoms with E-state index in [-0.39, 0.29) is 23.3 Å². The predicted molar refractivity (Wildman–Crippen MR) is 87.4 cm³/mol. The lowest BCUT2D eigenvalue weighted by atomic mass is 10.1. The van der Waals surface area contributed by atoms with Crippen LogP contribution in [0, 0.1) is 24.2 Å². The summed E-state index contributed by atoms with van der Waals surface area (Å²) in [7, 11) is 0. The number of carbonyl (C=O) groups is 1. The summed E-state index contributed by atoms with van der Waals surface area (Å²) in [6, 6.07) is 0.234. The first-order chi connectivity index (χ1) is 10.3. The van der Waals surface area contributed by atoms with Gasteiger partial charge in [0.2, 0.25) is 5.91 Å². The summed E-state index contributed by atoms with van der Waals surface area (Å²) in [6.07, 6.45) is 6.27. The van der Waals surface area contributed by atoms with Crippen LogP contribution in [0.5, 0.6) is 0 Å². The molecule has 4 nitrogen and oxygen atoms in total. The van der Waals surface area contributed by atoms with Crippen molar-refractivity contribution >= 4 is 5.91 Å². The molecule has 22 heavy (non-hydrogen) atoms. The predicted octanol–water partition coefficient (Wildman–Crippen LogP) is 2.86. The minimum Gasteiger partial charge on any atom is -0.351 e. The Morgan fingerprint density at radius 1 is 1.45 bits per heavy atom. The minimum absolute atomic E-state index is 0.0901. The maximum absolute atomic E-state index is 12.6. The number of fused-ring (bicyclic) bond motifs is 1. The van der Waals surface area contributed by atoms with E-state index in [0.29, 0.717) is 5.92 Å². The fourth-order valence-corrected chi connectivity index (χ4v) is 3.84. The molecule has 0 spiro atoms. The highest BCUT2D eigenvalue weighted by Crippen LogP contribution is 2.59. The molecule has 1 aliphatic heterocycles. The van der Waals surface area contributed by atoms with E-state index >= 15 is 0 Å². The molecule has 1 aliphatic carbocycles. The SMILES string of the molecule is CC(C)=C[C@@H]1[C@@H](C(=O)N[C@H]2CCc3nc(C)cn3C2)C1(C)C. The highest BCUT2D eigenvalue weighted by atomic mass is 16.2. The first-order valence-corrected chi connectivity index (χ1v) is 8.27. The minimum atomic E-state index is 0.0901. The summed E-state index contributed by atoms with van der Waals surface area (Å²) >= 11 is 0. The van der Waals surface area contributed by atoms with Crippen molar-refractivity contribution in [1.82, 2.24) is 14.9 Å². The molecule has 0 radical (unpaired) electrons. The van der Waals surface area contributed by atoms with Gasteiger partial charge in [0.25, 0.3) is 0 Å². The van der Waals surface area contributed by atoms with Crippen molar-refractivity contribution in [3.05, 3.63) is 29.4 Å². The van der Waals surface area contributed by atoms with Crippen molar-refractivity contribution in [2.24, 2.45) is 17.3 Å². The van der Waals surface area contributed by atoms with Gasteiger partial charge in [0.15, 0.2) is 0 Å². The van der Waals surface area contributed by atoms with E-state index in [1.165, 1.54) is 5.57 Å². The molecule has 120 valence electrons. The van der Waals surface area contributed by atoms with Crippen molar-refractivity contribution in [3.8, 4) is 0 Å². The van der Waals surface area contributed by atoms with Gasteiger partial charge in [0.1, 0.15) is 5.82 Å². The standard InChI is InChI=1S/C18H27N3O/c1-11(2)8-14-16(18(14,4)5)17(22)20-13-6-7-15-19-12(3)9-21(15)10-13/h8-9,13-14,16H,6-7,10H2,1-5H3,(H,20,22)/t13-,14+,16-/m0/s1. The Morgan fingerprint density at radius 2 is 2.18 bits per heavy atom. The summed E-state index contributed by atoms with van der Waals surface area (Å²) < 4.78 is 2.19. The number of carbonyl (C=O) groups excluding carboxylic acids is 1. The average Bonchev–Trinajstić information content (AvgIpc) is 2.75. The lowest BCUT2D eigenvalue weighted by molar-refractivity contribution is -0.124. The largest absolute Gasteiger partial charge is 0.351 e. The maximum atomic E-state index is 12.6. The van der Waals surface area contributed by atoms with Gasteiger partial charge >= 0.3 is 0 Å². The van der Waals surface area contributed by atoms with Gasteiger partial charge in [-0.3, -0.25) is 4.79 Å². The van der Waals surface area contributed by atoms with Crippen molar-refractivity contribution in [2.45, 2.75) is 60.0 Å². The van der Waals surface area contributed by atoms with Crippen LogP contribution in [0.3, 0.4) is 0 Å². The molecule has 0 bridgehead atoms. The molecule has 0 unspecified atom stereocenters. The lowest BCUT2D eigenvalue weighted by Gasteiger charge is -2.25. The van der Waals surface area contributed by atoms with Crippen LogP contribution < -0.4 is 5.32 Å². The molecule has 3 atom stereocenters.